The summed E-state index contributed by atoms with van der Waals surface area (Å²) in [5, 5.41) is 3.39. The SMILES string of the molecule is Cc1ccc(NCCC(=O)N2c3ccccc3CC2C)c(C)c1. The molecule has 1 aliphatic heterocycles. The van der Waals surface area contributed by atoms with Gasteiger partial charge in [0, 0.05) is 30.4 Å². The molecule has 0 saturated carbocycles. The van der Waals surface area contributed by atoms with Gasteiger partial charge in [0.25, 0.3) is 0 Å². The van der Waals surface area contributed by atoms with Crippen molar-refractivity contribution < 1.29 is 4.79 Å². The van der Waals surface area contributed by atoms with Gasteiger partial charge in [0.15, 0.2) is 0 Å². The third-order valence-corrected chi connectivity index (χ3v) is 4.51. The van der Waals surface area contributed by atoms with Crippen molar-refractivity contribution in [1.29, 1.82) is 0 Å². The van der Waals surface area contributed by atoms with E-state index in [1.54, 1.807) is 0 Å². The van der Waals surface area contributed by atoms with Crippen molar-refractivity contribution in [3.8, 4) is 0 Å². The molecule has 2 aromatic rings. The predicted octanol–water partition coefficient (Wildman–Crippen LogP) is 4.08. The molecular formula is C20H24N2O. The average Bonchev–Trinajstić information content (AvgIpc) is 2.85. The molecule has 1 unspecified atom stereocenters. The first-order valence-electron chi connectivity index (χ1n) is 8.27. The van der Waals surface area contributed by atoms with Crippen molar-refractivity contribution in [2.24, 2.45) is 0 Å². The zero-order valence-corrected chi connectivity index (χ0v) is 14.1. The fourth-order valence-electron chi connectivity index (χ4n) is 3.38. The zero-order valence-electron chi connectivity index (χ0n) is 14.1. The van der Waals surface area contributed by atoms with Crippen LogP contribution >= 0.6 is 0 Å². The molecule has 3 heteroatoms. The molecule has 0 saturated heterocycles. The molecule has 2 aromatic carbocycles. The van der Waals surface area contributed by atoms with Crippen LogP contribution in [0.4, 0.5) is 11.4 Å². The summed E-state index contributed by atoms with van der Waals surface area (Å²) in [5.74, 6) is 0.194. The third kappa shape index (κ3) is 3.24. The number of rotatable bonds is 4. The van der Waals surface area contributed by atoms with E-state index in [0.717, 1.165) is 17.8 Å². The van der Waals surface area contributed by atoms with Crippen LogP contribution in [0.15, 0.2) is 42.5 Å². The molecule has 0 radical (unpaired) electrons. The van der Waals surface area contributed by atoms with E-state index in [2.05, 4.69) is 50.4 Å². The van der Waals surface area contributed by atoms with Gasteiger partial charge >= 0.3 is 0 Å². The van der Waals surface area contributed by atoms with E-state index < -0.39 is 0 Å². The summed E-state index contributed by atoms with van der Waals surface area (Å²) in [7, 11) is 0. The van der Waals surface area contributed by atoms with Crippen LogP contribution < -0.4 is 10.2 Å². The Hall–Kier alpha value is -2.29. The summed E-state index contributed by atoms with van der Waals surface area (Å²) in [6.07, 6.45) is 1.46. The van der Waals surface area contributed by atoms with Crippen LogP contribution in [0.25, 0.3) is 0 Å². The van der Waals surface area contributed by atoms with Gasteiger partial charge in [0.1, 0.15) is 0 Å². The minimum atomic E-state index is 0.194. The van der Waals surface area contributed by atoms with Crippen LogP contribution in [0.5, 0.6) is 0 Å². The lowest BCUT2D eigenvalue weighted by Gasteiger charge is -2.23. The lowest BCUT2D eigenvalue weighted by Crippen LogP contribution is -2.36. The Morgan fingerprint density at radius 3 is 2.78 bits per heavy atom. The number of anilines is 2. The van der Waals surface area contributed by atoms with Gasteiger partial charge in [-0.1, -0.05) is 35.9 Å². The van der Waals surface area contributed by atoms with E-state index in [4.69, 9.17) is 0 Å². The van der Waals surface area contributed by atoms with Crippen molar-refractivity contribution in [1.82, 2.24) is 0 Å². The van der Waals surface area contributed by atoms with E-state index in [0.29, 0.717) is 13.0 Å². The first kappa shape index (κ1) is 15.6. The number of para-hydroxylation sites is 1. The smallest absolute Gasteiger partial charge is 0.229 e. The maximum Gasteiger partial charge on any atom is 0.229 e. The Balaban J connectivity index is 1.62. The van der Waals surface area contributed by atoms with Crippen LogP contribution in [0, 0.1) is 13.8 Å². The highest BCUT2D eigenvalue weighted by atomic mass is 16.2. The third-order valence-electron chi connectivity index (χ3n) is 4.51. The van der Waals surface area contributed by atoms with Gasteiger partial charge in [-0.15, -0.1) is 0 Å². The molecule has 1 heterocycles. The van der Waals surface area contributed by atoms with E-state index in [1.807, 2.05) is 23.1 Å². The van der Waals surface area contributed by atoms with Crippen LogP contribution in [0.2, 0.25) is 0 Å². The highest BCUT2D eigenvalue weighted by Gasteiger charge is 2.29. The first-order chi connectivity index (χ1) is 11.1. The Labute approximate surface area is 138 Å². The van der Waals surface area contributed by atoms with Gasteiger partial charge in [0.2, 0.25) is 5.91 Å². The topological polar surface area (TPSA) is 32.3 Å². The number of fused-ring (bicyclic) bond motifs is 1. The molecule has 0 spiro atoms. The molecule has 0 aliphatic carbocycles. The monoisotopic (exact) mass is 308 g/mol. The quantitative estimate of drug-likeness (QED) is 0.923. The standard InChI is InChI=1S/C20H24N2O/c1-14-8-9-18(15(2)12-14)21-11-10-20(23)22-16(3)13-17-6-4-5-7-19(17)22/h4-9,12,16,21H,10-11,13H2,1-3H3. The predicted molar refractivity (Wildman–Crippen MR) is 96.1 cm³/mol. The number of nitrogens with zero attached hydrogens (tertiary/aromatic N) is 1. The van der Waals surface area contributed by atoms with Gasteiger partial charge in [-0.05, 0) is 50.5 Å². The van der Waals surface area contributed by atoms with E-state index in [1.165, 1.54) is 16.7 Å². The second-order valence-electron chi connectivity index (χ2n) is 6.44. The van der Waals surface area contributed by atoms with Crippen molar-refractivity contribution >= 4 is 17.3 Å². The summed E-state index contributed by atoms with van der Waals surface area (Å²) >= 11 is 0. The summed E-state index contributed by atoms with van der Waals surface area (Å²) in [4.78, 5) is 14.6. The maximum absolute atomic E-state index is 12.6. The molecule has 0 fully saturated rings. The molecule has 0 aromatic heterocycles. The molecule has 0 bridgehead atoms. The minimum Gasteiger partial charge on any atom is -0.384 e. The van der Waals surface area contributed by atoms with Crippen LogP contribution in [0.3, 0.4) is 0 Å². The number of carbonyl (C=O) groups excluding carboxylic acids is 1. The lowest BCUT2D eigenvalue weighted by atomic mass is 10.1. The first-order valence-corrected chi connectivity index (χ1v) is 8.27. The molecule has 3 nitrogen and oxygen atoms in total. The summed E-state index contributed by atoms with van der Waals surface area (Å²) < 4.78 is 0. The number of aryl methyl sites for hydroxylation is 2. The lowest BCUT2D eigenvalue weighted by molar-refractivity contribution is -0.118. The zero-order chi connectivity index (χ0) is 16.4. The molecular weight excluding hydrogens is 284 g/mol. The fraction of sp³-hybridized carbons (Fsp3) is 0.350. The molecule has 1 aliphatic rings. The van der Waals surface area contributed by atoms with E-state index in [-0.39, 0.29) is 11.9 Å². The highest BCUT2D eigenvalue weighted by molar-refractivity contribution is 5.96. The van der Waals surface area contributed by atoms with Crippen LogP contribution in [0.1, 0.15) is 30.0 Å². The number of hydrogen-bond acceptors (Lipinski definition) is 2. The molecule has 23 heavy (non-hydrogen) atoms. The van der Waals surface area contributed by atoms with Gasteiger partial charge in [-0.25, -0.2) is 0 Å². The molecule has 3 rings (SSSR count). The Morgan fingerprint density at radius 1 is 1.22 bits per heavy atom. The fourth-order valence-corrected chi connectivity index (χ4v) is 3.38. The normalized spacial score (nSPS) is 16.3. The van der Waals surface area contributed by atoms with Gasteiger partial charge in [0.05, 0.1) is 0 Å². The summed E-state index contributed by atoms with van der Waals surface area (Å²) in [6.45, 7) is 6.96. The average molecular weight is 308 g/mol. The molecule has 1 amide bonds. The summed E-state index contributed by atoms with van der Waals surface area (Å²) in [5.41, 5.74) is 5.94. The van der Waals surface area contributed by atoms with Crippen molar-refractivity contribution in [2.45, 2.75) is 39.7 Å². The highest BCUT2D eigenvalue weighted by Crippen LogP contribution is 2.32. The van der Waals surface area contributed by atoms with Gasteiger partial charge in [-0.2, -0.15) is 0 Å². The molecule has 1 atom stereocenters. The number of carbonyl (C=O) groups is 1. The summed E-state index contributed by atoms with van der Waals surface area (Å²) in [6, 6.07) is 14.8. The second-order valence-corrected chi connectivity index (χ2v) is 6.44. The number of amides is 1. The molecule has 120 valence electrons. The van der Waals surface area contributed by atoms with E-state index >= 15 is 0 Å². The van der Waals surface area contributed by atoms with Crippen molar-refractivity contribution in [3.05, 3.63) is 59.2 Å². The van der Waals surface area contributed by atoms with Crippen LogP contribution in [-0.4, -0.2) is 18.5 Å². The number of benzene rings is 2. The Morgan fingerprint density at radius 2 is 2.00 bits per heavy atom. The van der Waals surface area contributed by atoms with Crippen molar-refractivity contribution in [2.75, 3.05) is 16.8 Å². The Bertz CT molecular complexity index is 723. The molecule has 1 N–H and O–H groups in total. The van der Waals surface area contributed by atoms with E-state index in [9.17, 15) is 4.79 Å². The Kier molecular flexibility index (Phi) is 4.37. The minimum absolute atomic E-state index is 0.194. The van der Waals surface area contributed by atoms with Crippen LogP contribution in [-0.2, 0) is 11.2 Å². The second kappa shape index (κ2) is 6.45. The van der Waals surface area contributed by atoms with Gasteiger partial charge in [-0.3, -0.25) is 4.79 Å². The maximum atomic E-state index is 12.6. The van der Waals surface area contributed by atoms with Crippen molar-refractivity contribution in [3.63, 3.8) is 0 Å². The number of hydrogen-bond donors (Lipinski definition) is 1. The number of nitrogens with one attached hydrogen (secondary N) is 1. The van der Waals surface area contributed by atoms with Gasteiger partial charge < -0.3 is 10.2 Å². The largest absolute Gasteiger partial charge is 0.384 e.